The molecule has 4 aromatic rings. The molecule has 3 heterocycles. The predicted octanol–water partition coefficient (Wildman–Crippen LogP) is 6.51. The predicted molar refractivity (Wildman–Crippen MR) is 136 cm³/mol. The first-order valence-electron chi connectivity index (χ1n) is 11.9. The fourth-order valence-electron chi connectivity index (χ4n) is 4.21. The molecule has 2 aromatic carbocycles. The molecule has 0 unspecified atom stereocenters. The number of ether oxygens (including phenoxy) is 1. The lowest BCUT2D eigenvalue weighted by Crippen LogP contribution is -2.30. The van der Waals surface area contributed by atoms with E-state index < -0.39 is 11.7 Å². The zero-order chi connectivity index (χ0) is 26.0. The van der Waals surface area contributed by atoms with Crippen LogP contribution in [0.2, 0.25) is 0 Å². The van der Waals surface area contributed by atoms with Gasteiger partial charge in [0.2, 0.25) is 11.8 Å². The van der Waals surface area contributed by atoms with Crippen molar-refractivity contribution in [3.05, 3.63) is 59.9 Å². The van der Waals surface area contributed by atoms with Crippen molar-refractivity contribution in [3.63, 3.8) is 0 Å². The van der Waals surface area contributed by atoms with E-state index in [0.717, 1.165) is 42.8 Å². The Morgan fingerprint density at radius 1 is 1.05 bits per heavy atom. The zero-order valence-electron chi connectivity index (χ0n) is 20.0. The second-order valence-corrected chi connectivity index (χ2v) is 9.86. The lowest BCUT2D eigenvalue weighted by atomic mass is 10.1. The van der Waals surface area contributed by atoms with E-state index in [-0.39, 0.29) is 11.8 Å². The topological polar surface area (TPSA) is 80.2 Å². The van der Waals surface area contributed by atoms with Gasteiger partial charge in [0.1, 0.15) is 11.3 Å². The smallest absolute Gasteiger partial charge is 0.416 e. The maximum Gasteiger partial charge on any atom is 0.416 e. The van der Waals surface area contributed by atoms with Gasteiger partial charge in [-0.2, -0.15) is 18.2 Å². The van der Waals surface area contributed by atoms with Crippen molar-refractivity contribution >= 4 is 32.6 Å². The molecule has 1 aliphatic heterocycles. The van der Waals surface area contributed by atoms with E-state index in [2.05, 4.69) is 25.2 Å². The Balaban J connectivity index is 1.50. The molecule has 37 heavy (non-hydrogen) atoms. The number of anilines is 1. The van der Waals surface area contributed by atoms with Crippen molar-refractivity contribution in [2.45, 2.75) is 38.9 Å². The van der Waals surface area contributed by atoms with Crippen LogP contribution in [0.1, 0.15) is 37.6 Å². The fourth-order valence-corrected chi connectivity index (χ4v) is 5.14. The Bertz CT molecular complexity index is 1420. The summed E-state index contributed by atoms with van der Waals surface area (Å²) < 4.78 is 46.2. The van der Waals surface area contributed by atoms with Gasteiger partial charge in [-0.3, -0.25) is 9.69 Å². The van der Waals surface area contributed by atoms with Crippen LogP contribution in [-0.2, 0) is 17.5 Å². The van der Waals surface area contributed by atoms with Gasteiger partial charge in [0, 0.05) is 18.6 Å². The monoisotopic (exact) mass is 527 g/mol. The quantitative estimate of drug-likeness (QED) is 0.308. The molecule has 1 aliphatic rings. The molecule has 0 aliphatic carbocycles. The highest BCUT2D eigenvalue weighted by atomic mass is 32.1. The number of para-hydroxylation sites is 1. The lowest BCUT2D eigenvalue weighted by Gasteiger charge is -2.25. The third-order valence-corrected chi connectivity index (χ3v) is 6.89. The van der Waals surface area contributed by atoms with Crippen molar-refractivity contribution < 1.29 is 22.7 Å². The van der Waals surface area contributed by atoms with Crippen molar-refractivity contribution in [1.29, 1.82) is 0 Å². The summed E-state index contributed by atoms with van der Waals surface area (Å²) in [6, 6.07) is 12.0. The number of carbonyl (C=O) groups excluding carboxylic acids is 1. The molecule has 2 aromatic heterocycles. The zero-order valence-corrected chi connectivity index (χ0v) is 20.8. The number of rotatable bonds is 6. The number of carbonyl (C=O) groups is 1. The SMILES string of the molecule is CC(=O)Nc1nc2c(Oc3cc(-c4ccc(C(F)(F)F)cc4)nc(CN4CCCCC4)n3)cccc2s1. The molecule has 1 amide bonds. The summed E-state index contributed by atoms with van der Waals surface area (Å²) >= 11 is 1.33. The van der Waals surface area contributed by atoms with Crippen LogP contribution in [0.15, 0.2) is 48.5 Å². The van der Waals surface area contributed by atoms with Crippen LogP contribution in [0.4, 0.5) is 18.3 Å². The van der Waals surface area contributed by atoms with Crippen LogP contribution >= 0.6 is 11.3 Å². The summed E-state index contributed by atoms with van der Waals surface area (Å²) in [5.74, 6) is 1.02. The van der Waals surface area contributed by atoms with Gasteiger partial charge in [0.15, 0.2) is 10.9 Å². The molecule has 0 spiro atoms. The molecule has 11 heteroatoms. The molecular formula is C26H24F3N5O2S. The first-order chi connectivity index (χ1) is 17.7. The number of thiazole rings is 1. The Labute approximate surface area is 215 Å². The largest absolute Gasteiger partial charge is 0.437 e. The number of fused-ring (bicyclic) bond motifs is 1. The van der Waals surface area contributed by atoms with Crippen LogP contribution in [0, 0.1) is 0 Å². The number of aromatic nitrogens is 3. The number of piperidine rings is 1. The number of benzene rings is 2. The van der Waals surface area contributed by atoms with Gasteiger partial charge in [0.05, 0.1) is 22.5 Å². The highest BCUT2D eigenvalue weighted by Crippen LogP contribution is 2.36. The molecule has 5 rings (SSSR count). The average Bonchev–Trinajstić information content (AvgIpc) is 3.27. The minimum atomic E-state index is -4.42. The Morgan fingerprint density at radius 2 is 1.81 bits per heavy atom. The van der Waals surface area contributed by atoms with E-state index in [0.29, 0.717) is 40.0 Å². The van der Waals surface area contributed by atoms with Gasteiger partial charge < -0.3 is 10.1 Å². The third-order valence-electron chi connectivity index (χ3n) is 5.95. The number of hydrogen-bond donors (Lipinski definition) is 1. The van der Waals surface area contributed by atoms with Crippen LogP contribution in [0.25, 0.3) is 21.5 Å². The van der Waals surface area contributed by atoms with Crippen molar-refractivity contribution in [3.8, 4) is 22.9 Å². The summed E-state index contributed by atoms with van der Waals surface area (Å²) in [6.07, 6.45) is -1.02. The Kier molecular flexibility index (Phi) is 7.07. The number of halogens is 3. The second-order valence-electron chi connectivity index (χ2n) is 8.82. The molecular weight excluding hydrogens is 503 g/mol. The summed E-state index contributed by atoms with van der Waals surface area (Å²) in [7, 11) is 0. The molecule has 0 saturated carbocycles. The molecule has 1 N–H and O–H groups in total. The molecule has 192 valence electrons. The van der Waals surface area contributed by atoms with E-state index in [4.69, 9.17) is 4.74 Å². The second kappa shape index (κ2) is 10.4. The number of likely N-dealkylation sites (tertiary alicyclic amines) is 1. The van der Waals surface area contributed by atoms with Crippen LogP contribution < -0.4 is 10.1 Å². The Hall–Kier alpha value is -3.57. The van der Waals surface area contributed by atoms with Crippen molar-refractivity contribution in [2.24, 2.45) is 0 Å². The summed E-state index contributed by atoms with van der Waals surface area (Å²) in [5.41, 5.74) is 0.846. The maximum absolute atomic E-state index is 13.1. The number of nitrogens with zero attached hydrogens (tertiary/aromatic N) is 4. The fraction of sp³-hybridized carbons (Fsp3) is 0.308. The molecule has 0 atom stereocenters. The minimum absolute atomic E-state index is 0.221. The van der Waals surface area contributed by atoms with Gasteiger partial charge in [0.25, 0.3) is 0 Å². The molecule has 1 fully saturated rings. The highest BCUT2D eigenvalue weighted by Gasteiger charge is 2.30. The lowest BCUT2D eigenvalue weighted by molar-refractivity contribution is -0.137. The molecule has 7 nitrogen and oxygen atoms in total. The third kappa shape index (κ3) is 6.05. The van der Waals surface area contributed by atoms with Gasteiger partial charge in [-0.25, -0.2) is 9.97 Å². The summed E-state index contributed by atoms with van der Waals surface area (Å²) in [6.45, 7) is 3.80. The molecule has 0 bridgehead atoms. The number of nitrogens with one attached hydrogen (secondary N) is 1. The van der Waals surface area contributed by atoms with Crippen molar-refractivity contribution in [1.82, 2.24) is 19.9 Å². The summed E-state index contributed by atoms with van der Waals surface area (Å²) in [4.78, 5) is 27.5. The van der Waals surface area contributed by atoms with E-state index in [1.165, 1.54) is 36.8 Å². The first-order valence-corrected chi connectivity index (χ1v) is 12.7. The van der Waals surface area contributed by atoms with Gasteiger partial charge in [-0.1, -0.05) is 36.0 Å². The maximum atomic E-state index is 13.1. The van der Waals surface area contributed by atoms with E-state index >= 15 is 0 Å². The van der Waals surface area contributed by atoms with Crippen molar-refractivity contribution in [2.75, 3.05) is 18.4 Å². The van der Waals surface area contributed by atoms with E-state index in [1.807, 2.05) is 12.1 Å². The molecule has 1 saturated heterocycles. The highest BCUT2D eigenvalue weighted by molar-refractivity contribution is 7.22. The van der Waals surface area contributed by atoms with Crippen LogP contribution in [-0.4, -0.2) is 38.8 Å². The van der Waals surface area contributed by atoms with E-state index in [1.54, 1.807) is 12.1 Å². The number of alkyl halides is 3. The summed E-state index contributed by atoms with van der Waals surface area (Å²) in [5, 5.41) is 3.14. The normalized spacial score (nSPS) is 14.6. The molecule has 0 radical (unpaired) electrons. The van der Waals surface area contributed by atoms with Gasteiger partial charge in [-0.15, -0.1) is 0 Å². The number of hydrogen-bond acceptors (Lipinski definition) is 7. The van der Waals surface area contributed by atoms with E-state index in [9.17, 15) is 18.0 Å². The van der Waals surface area contributed by atoms with Gasteiger partial charge >= 0.3 is 6.18 Å². The van der Waals surface area contributed by atoms with Crippen LogP contribution in [0.3, 0.4) is 0 Å². The van der Waals surface area contributed by atoms with Gasteiger partial charge in [-0.05, 0) is 50.2 Å². The van der Waals surface area contributed by atoms with Crippen LogP contribution in [0.5, 0.6) is 11.6 Å². The number of amides is 1. The Morgan fingerprint density at radius 3 is 2.51 bits per heavy atom. The standard InChI is InChI=1S/C26H24F3N5O2S/c1-16(35)30-25-33-24-20(6-5-7-21(24)37-25)36-23-14-19(17-8-10-18(11-9-17)26(27,28)29)31-22(32-23)15-34-12-3-2-4-13-34/h5-11,14H,2-4,12-13,15H2,1H3,(H,30,33,35). The average molecular weight is 528 g/mol. The first kappa shape index (κ1) is 25.1. The minimum Gasteiger partial charge on any atom is -0.437 e.